The zero-order valence-electron chi connectivity index (χ0n) is 17.3. The third-order valence-corrected chi connectivity index (χ3v) is 5.88. The molecule has 1 aromatic heterocycles. The van der Waals surface area contributed by atoms with E-state index in [1.807, 2.05) is 61.2 Å². The van der Waals surface area contributed by atoms with Gasteiger partial charge in [0.05, 0.1) is 0 Å². The molecule has 150 valence electrons. The van der Waals surface area contributed by atoms with Crippen LogP contribution in [0.15, 0.2) is 47.0 Å². The second-order valence-electron chi connectivity index (χ2n) is 8.09. The summed E-state index contributed by atoms with van der Waals surface area (Å²) in [6.07, 6.45) is 2.77. The molecule has 1 saturated heterocycles. The van der Waals surface area contributed by atoms with Gasteiger partial charge in [-0.1, -0.05) is 35.5 Å². The summed E-state index contributed by atoms with van der Waals surface area (Å²) in [5, 5.41) is 4.17. The normalized spacial score (nSPS) is 16.8. The smallest absolute Gasteiger partial charge is 0.253 e. The molecule has 1 unspecified atom stereocenters. The molecular weight excluding hydrogens is 362 g/mol. The Bertz CT molecular complexity index is 1020. The van der Waals surface area contributed by atoms with Gasteiger partial charge in [-0.15, -0.1) is 0 Å². The van der Waals surface area contributed by atoms with Crippen LogP contribution in [0.5, 0.6) is 0 Å². The molecule has 1 aliphatic rings. The lowest BCUT2D eigenvalue weighted by Gasteiger charge is -2.32. The third kappa shape index (κ3) is 4.24. The quantitative estimate of drug-likeness (QED) is 0.646. The Morgan fingerprint density at radius 1 is 1.10 bits per heavy atom. The van der Waals surface area contributed by atoms with E-state index in [9.17, 15) is 4.79 Å². The maximum absolute atomic E-state index is 13.0. The Morgan fingerprint density at radius 3 is 2.72 bits per heavy atom. The van der Waals surface area contributed by atoms with E-state index in [0.29, 0.717) is 24.1 Å². The summed E-state index contributed by atoms with van der Waals surface area (Å²) in [5.41, 5.74) is 5.26. The van der Waals surface area contributed by atoms with Gasteiger partial charge in [-0.2, -0.15) is 4.98 Å². The van der Waals surface area contributed by atoms with Crippen LogP contribution in [0, 0.1) is 26.7 Å². The number of carbonyl (C=O) groups is 1. The van der Waals surface area contributed by atoms with Crippen molar-refractivity contribution >= 4 is 5.91 Å². The molecule has 0 radical (unpaired) electrons. The maximum Gasteiger partial charge on any atom is 0.253 e. The first-order valence-electron chi connectivity index (χ1n) is 10.3. The summed E-state index contributed by atoms with van der Waals surface area (Å²) in [5.74, 6) is 1.74. The molecule has 0 saturated carbocycles. The molecule has 1 fully saturated rings. The fourth-order valence-corrected chi connectivity index (χ4v) is 3.99. The summed E-state index contributed by atoms with van der Waals surface area (Å²) in [7, 11) is 0. The number of amides is 1. The first kappa shape index (κ1) is 19.4. The van der Waals surface area contributed by atoms with Gasteiger partial charge in [-0.3, -0.25) is 4.79 Å². The van der Waals surface area contributed by atoms with Gasteiger partial charge in [0.15, 0.2) is 0 Å². The number of aryl methyl sites for hydroxylation is 3. The van der Waals surface area contributed by atoms with Crippen molar-refractivity contribution in [1.29, 1.82) is 0 Å². The van der Waals surface area contributed by atoms with Crippen LogP contribution in [0.2, 0.25) is 0 Å². The van der Waals surface area contributed by atoms with Gasteiger partial charge in [0, 0.05) is 30.6 Å². The zero-order valence-corrected chi connectivity index (χ0v) is 17.3. The van der Waals surface area contributed by atoms with Crippen molar-refractivity contribution in [3.63, 3.8) is 0 Å². The standard InChI is InChI=1S/C24H27N3O2/c1-16-10-11-20(13-18(16)3)24(28)27-12-6-8-19(15-27)14-22-25-23(26-29-22)21-9-5-4-7-17(21)2/h4-5,7,9-11,13,19H,6,8,12,14-15H2,1-3H3. The summed E-state index contributed by atoms with van der Waals surface area (Å²) < 4.78 is 5.52. The predicted molar refractivity (Wildman–Crippen MR) is 113 cm³/mol. The topological polar surface area (TPSA) is 59.2 Å². The first-order chi connectivity index (χ1) is 14.0. The molecule has 0 bridgehead atoms. The fraction of sp³-hybridized carbons (Fsp3) is 0.375. The van der Waals surface area contributed by atoms with Crippen LogP contribution in [0.4, 0.5) is 0 Å². The second kappa shape index (κ2) is 8.19. The average Bonchev–Trinajstić information content (AvgIpc) is 3.18. The minimum atomic E-state index is 0.115. The lowest BCUT2D eigenvalue weighted by molar-refractivity contribution is 0.0668. The molecule has 3 aromatic rings. The number of nitrogens with zero attached hydrogens (tertiary/aromatic N) is 3. The highest BCUT2D eigenvalue weighted by Gasteiger charge is 2.26. The van der Waals surface area contributed by atoms with E-state index in [4.69, 9.17) is 4.52 Å². The van der Waals surface area contributed by atoms with Crippen LogP contribution in [0.1, 0.15) is 45.8 Å². The number of aromatic nitrogens is 2. The van der Waals surface area contributed by atoms with E-state index < -0.39 is 0 Å². The lowest BCUT2D eigenvalue weighted by Crippen LogP contribution is -2.40. The molecule has 29 heavy (non-hydrogen) atoms. The summed E-state index contributed by atoms with van der Waals surface area (Å²) >= 11 is 0. The average molecular weight is 389 g/mol. The Kier molecular flexibility index (Phi) is 5.47. The van der Waals surface area contributed by atoms with Gasteiger partial charge < -0.3 is 9.42 Å². The highest BCUT2D eigenvalue weighted by molar-refractivity contribution is 5.94. The number of hydrogen-bond acceptors (Lipinski definition) is 4. The molecular formula is C24H27N3O2. The molecule has 2 heterocycles. The SMILES string of the molecule is Cc1ccc(C(=O)N2CCCC(Cc3nc(-c4ccccc4C)no3)C2)cc1C. The van der Waals surface area contributed by atoms with E-state index in [1.54, 1.807) is 0 Å². The van der Waals surface area contributed by atoms with Gasteiger partial charge >= 0.3 is 0 Å². The van der Waals surface area contributed by atoms with Crippen LogP contribution < -0.4 is 0 Å². The summed E-state index contributed by atoms with van der Waals surface area (Å²) in [4.78, 5) is 19.5. The minimum absolute atomic E-state index is 0.115. The van der Waals surface area contributed by atoms with Crippen molar-refractivity contribution in [1.82, 2.24) is 15.0 Å². The highest BCUT2D eigenvalue weighted by atomic mass is 16.5. The number of rotatable bonds is 4. The number of likely N-dealkylation sites (tertiary alicyclic amines) is 1. The minimum Gasteiger partial charge on any atom is -0.339 e. The van der Waals surface area contributed by atoms with Gasteiger partial charge in [0.25, 0.3) is 5.91 Å². The van der Waals surface area contributed by atoms with E-state index in [2.05, 4.69) is 17.1 Å². The van der Waals surface area contributed by atoms with Crippen molar-refractivity contribution < 1.29 is 9.32 Å². The van der Waals surface area contributed by atoms with E-state index in [1.165, 1.54) is 5.56 Å². The van der Waals surface area contributed by atoms with Crippen LogP contribution in [0.25, 0.3) is 11.4 Å². The molecule has 0 aliphatic carbocycles. The second-order valence-corrected chi connectivity index (χ2v) is 8.09. The Hall–Kier alpha value is -2.95. The molecule has 1 aliphatic heterocycles. The Labute approximate surface area is 171 Å². The third-order valence-electron chi connectivity index (χ3n) is 5.88. The highest BCUT2D eigenvalue weighted by Crippen LogP contribution is 2.25. The van der Waals surface area contributed by atoms with Crippen LogP contribution in [-0.4, -0.2) is 34.0 Å². The van der Waals surface area contributed by atoms with Crippen LogP contribution in [-0.2, 0) is 6.42 Å². The van der Waals surface area contributed by atoms with Crippen LogP contribution >= 0.6 is 0 Å². The van der Waals surface area contributed by atoms with Crippen molar-refractivity contribution in [2.24, 2.45) is 5.92 Å². The Morgan fingerprint density at radius 2 is 1.93 bits per heavy atom. The van der Waals surface area contributed by atoms with E-state index >= 15 is 0 Å². The predicted octanol–water partition coefficient (Wildman–Crippen LogP) is 4.76. The zero-order chi connectivity index (χ0) is 20.4. The molecule has 1 amide bonds. The van der Waals surface area contributed by atoms with Crippen molar-refractivity contribution in [3.8, 4) is 11.4 Å². The molecule has 2 aromatic carbocycles. The molecule has 1 atom stereocenters. The first-order valence-corrected chi connectivity index (χ1v) is 10.3. The Balaban J connectivity index is 1.43. The maximum atomic E-state index is 13.0. The molecule has 0 spiro atoms. The largest absolute Gasteiger partial charge is 0.339 e. The van der Waals surface area contributed by atoms with Gasteiger partial charge in [-0.05, 0) is 68.4 Å². The van der Waals surface area contributed by atoms with E-state index in [-0.39, 0.29) is 5.91 Å². The summed E-state index contributed by atoms with van der Waals surface area (Å²) in [6.45, 7) is 7.69. The van der Waals surface area contributed by atoms with Crippen LogP contribution in [0.3, 0.4) is 0 Å². The van der Waals surface area contributed by atoms with E-state index in [0.717, 1.165) is 48.2 Å². The number of carbonyl (C=O) groups excluding carboxylic acids is 1. The number of hydrogen-bond donors (Lipinski definition) is 0. The number of benzene rings is 2. The molecule has 4 rings (SSSR count). The molecule has 5 nitrogen and oxygen atoms in total. The summed E-state index contributed by atoms with van der Waals surface area (Å²) in [6, 6.07) is 14.0. The van der Waals surface area contributed by atoms with Crippen molar-refractivity contribution in [2.75, 3.05) is 13.1 Å². The fourth-order valence-electron chi connectivity index (χ4n) is 3.99. The lowest BCUT2D eigenvalue weighted by atomic mass is 9.94. The van der Waals surface area contributed by atoms with Crippen molar-refractivity contribution in [3.05, 3.63) is 70.6 Å². The number of piperidine rings is 1. The van der Waals surface area contributed by atoms with Crippen molar-refractivity contribution in [2.45, 2.75) is 40.0 Å². The molecule has 5 heteroatoms. The van der Waals surface area contributed by atoms with Gasteiger partial charge in [0.1, 0.15) is 0 Å². The molecule has 0 N–H and O–H groups in total. The monoisotopic (exact) mass is 389 g/mol. The van der Waals surface area contributed by atoms with Gasteiger partial charge in [0.2, 0.25) is 11.7 Å². The van der Waals surface area contributed by atoms with Gasteiger partial charge in [-0.25, -0.2) is 0 Å².